The minimum absolute atomic E-state index is 0.00223. The van der Waals surface area contributed by atoms with Crippen LogP contribution in [-0.4, -0.2) is 98.0 Å². The highest BCUT2D eigenvalue weighted by molar-refractivity contribution is 7.85. The Labute approximate surface area is 506 Å². The normalized spacial score (nSPS) is 17.6. The van der Waals surface area contributed by atoms with Gasteiger partial charge in [0.2, 0.25) is 11.6 Å². The minimum Gasteiger partial charge on any atom is -0.480 e. The summed E-state index contributed by atoms with van der Waals surface area (Å²) in [6.07, 6.45) is 13.6. The Kier molecular flexibility index (Phi) is 17.0. The molecule has 1 atom stereocenters. The van der Waals surface area contributed by atoms with E-state index in [9.17, 15) is 50.9 Å². The predicted molar refractivity (Wildman–Crippen MR) is 333 cm³/mol. The molecule has 22 heteroatoms. The number of carboxylic acids is 1. The van der Waals surface area contributed by atoms with Gasteiger partial charge < -0.3 is 31.1 Å². The van der Waals surface area contributed by atoms with Crippen molar-refractivity contribution in [3.05, 3.63) is 187 Å². The number of H-pyrrole nitrogens is 1. The third-order valence-electron chi connectivity index (χ3n) is 15.7. The first-order chi connectivity index (χ1) is 42.4. The van der Waals surface area contributed by atoms with Crippen LogP contribution in [0, 0.1) is 6.92 Å². The Balaban J connectivity index is 1.06. The Morgan fingerprint density at radius 3 is 2.36 bits per heavy atom. The molecule has 452 valence electrons. The largest absolute Gasteiger partial charge is 0.480 e. The van der Waals surface area contributed by atoms with E-state index in [-0.39, 0.29) is 52.7 Å². The number of ether oxygens (including phenoxy) is 1. The van der Waals surface area contributed by atoms with E-state index in [0.29, 0.717) is 66.9 Å². The van der Waals surface area contributed by atoms with Crippen LogP contribution in [0.4, 0.5) is 23.0 Å². The molecular weight excluding hydrogens is 1130 g/mol. The van der Waals surface area contributed by atoms with Crippen molar-refractivity contribution in [3.63, 3.8) is 0 Å². The number of aromatic nitrogens is 4. The maximum absolute atomic E-state index is 13.6. The van der Waals surface area contributed by atoms with Gasteiger partial charge in [0.05, 0.1) is 35.1 Å². The van der Waals surface area contributed by atoms with Gasteiger partial charge in [0.25, 0.3) is 31.7 Å². The molecule has 0 saturated heterocycles. The van der Waals surface area contributed by atoms with Gasteiger partial charge in [-0.15, -0.1) is 0 Å². The molecule has 2 aliphatic heterocycles. The van der Waals surface area contributed by atoms with Crippen molar-refractivity contribution in [1.29, 1.82) is 0 Å². The summed E-state index contributed by atoms with van der Waals surface area (Å²) in [5.74, 6) is -3.46. The fourth-order valence-corrected chi connectivity index (χ4v) is 12.5. The highest BCUT2D eigenvalue weighted by atomic mass is 32.2. The molecule has 9 rings (SSSR count). The van der Waals surface area contributed by atoms with Crippen LogP contribution in [0.5, 0.6) is 5.75 Å². The number of fused-ring (bicyclic) bond motifs is 3. The number of aliphatic carboxylic acids is 1. The third-order valence-corrected chi connectivity index (χ3v) is 17.2. The van der Waals surface area contributed by atoms with E-state index >= 15 is 0 Å². The Bertz CT molecular complexity index is 4290. The van der Waals surface area contributed by atoms with Crippen LogP contribution in [0.3, 0.4) is 0 Å². The molecule has 1 amide bonds. The van der Waals surface area contributed by atoms with E-state index < -0.39 is 96.6 Å². The first-order valence-corrected chi connectivity index (χ1v) is 31.7. The maximum Gasteiger partial charge on any atom is 0.326 e. The summed E-state index contributed by atoms with van der Waals surface area (Å²) in [4.78, 5) is 55.8. The van der Waals surface area contributed by atoms with Gasteiger partial charge in [0, 0.05) is 65.1 Å². The summed E-state index contributed by atoms with van der Waals surface area (Å²) in [6, 6.07) is 13.6. The Hall–Kier alpha value is -8.31. The second-order valence-electron chi connectivity index (χ2n) is 22.9. The fraction of sp³-hybridized carbons (Fsp3) is 0.359. The average Bonchev–Trinajstić information content (AvgIpc) is 1.60. The molecule has 0 bridgehead atoms. The molecule has 0 fully saturated rings. The number of amides is 1. The third kappa shape index (κ3) is 14.7. The average molecular weight is 1210 g/mol. The molecular formula is C64H74N9O11S2+. The molecule has 0 saturated carbocycles. The lowest BCUT2D eigenvalue weighted by Crippen LogP contribution is -2.42. The maximum atomic E-state index is 13.6. The number of aryl methyl sites for hydroxylation is 1. The van der Waals surface area contributed by atoms with E-state index in [1.54, 1.807) is 18.2 Å². The highest BCUT2D eigenvalue weighted by Gasteiger charge is 2.45. The number of nitrogens with zero attached hydrogens (tertiary/aromatic N) is 5. The summed E-state index contributed by atoms with van der Waals surface area (Å²) in [5.41, 5.74) is 13.0. The second kappa shape index (κ2) is 25.7. The number of hydrogen-bond acceptors (Lipinski definition) is 14. The standard InChI is InChI=1S/C64H73N9O11S2/c1-7-8-9-31-72-53-28-18-42(39-86(81,82)83)35-50(53)64(5,6)55(72)30-22-44-14-12-13-43(21-29-54-63(3,4)49-34-40(2)15-27-52(49)73(54)32-10-11-33-85(78,79)80)57(44)84-48-25-16-41(17-26-48)36-51(61(76)77)69-59(74)45-19-23-46(24-20-45)66-37-47-38-67-58-56(68-47)60(75)71-62(65)70-58/h15-30,34-35,38,51H,7-14,31-33,36-37,39H2,1-6H3,(H7-,65,66,67,69,70,71,74,75,76,77,78,79,80,81,82,83)/p+1/t51-/m0/s1/i16D,17D,25D,26D. The van der Waals surface area contributed by atoms with Gasteiger partial charge in [-0.1, -0.05) is 69.1 Å². The molecule has 0 unspecified atom stereocenters. The summed E-state index contributed by atoms with van der Waals surface area (Å²) in [5, 5.41) is 16.0. The van der Waals surface area contributed by atoms with Gasteiger partial charge in [-0.3, -0.25) is 23.7 Å². The predicted octanol–water partition coefficient (Wildman–Crippen LogP) is 9.95. The summed E-state index contributed by atoms with van der Waals surface area (Å²) in [6.45, 7) is 13.6. The van der Waals surface area contributed by atoms with E-state index in [2.05, 4.69) is 66.9 Å². The fourth-order valence-electron chi connectivity index (χ4n) is 11.3. The first kappa shape index (κ1) is 56.8. The number of benzene rings is 4. The van der Waals surface area contributed by atoms with Crippen LogP contribution in [0.2, 0.25) is 0 Å². The van der Waals surface area contributed by atoms with Crippen molar-refractivity contribution in [2.45, 2.75) is 128 Å². The second-order valence-corrected chi connectivity index (χ2v) is 25.9. The van der Waals surface area contributed by atoms with Gasteiger partial charge in [0.1, 0.15) is 29.8 Å². The SMILES string of the molecule is [2H]c1c([2H])c(OC2=C(/C=C/C3=[N+](CCCCC)c4ccc(CS(=O)(=O)O)cc4C3(C)C)CCC/C2=C\C=C2\N(CCCCS(=O)(=O)O)c3ccc(C)cc3C2(C)C)c([2H])c([2H])c1C[C@H](NC(=O)c1ccc(NCc2cnc3nc(N)[nH]c(=O)c3n2)cc1)C(=O)O. The lowest BCUT2D eigenvalue weighted by atomic mass is 9.80. The Morgan fingerprint density at radius 2 is 1.65 bits per heavy atom. The van der Waals surface area contributed by atoms with Crippen molar-refractivity contribution < 1.29 is 55.4 Å². The molecule has 3 aliphatic rings. The molecule has 8 N–H and O–H groups in total. The monoisotopic (exact) mass is 1210 g/mol. The van der Waals surface area contributed by atoms with Crippen LogP contribution >= 0.6 is 0 Å². The number of unbranched alkanes of at least 4 members (excludes halogenated alkanes) is 3. The number of hydrogen-bond donors (Lipinski definition) is 7. The molecule has 1 aliphatic carbocycles. The zero-order valence-corrected chi connectivity index (χ0v) is 50.5. The Morgan fingerprint density at radius 1 is 0.895 bits per heavy atom. The number of anilines is 3. The van der Waals surface area contributed by atoms with Crippen molar-refractivity contribution in [2.75, 3.05) is 34.8 Å². The molecule has 4 aromatic carbocycles. The molecule has 4 heterocycles. The zero-order valence-electron chi connectivity index (χ0n) is 52.9. The lowest BCUT2D eigenvalue weighted by Gasteiger charge is -2.27. The van der Waals surface area contributed by atoms with Crippen molar-refractivity contribution in [1.82, 2.24) is 25.3 Å². The topological polar surface area (TPSA) is 300 Å². The number of nitrogens with two attached hydrogens (primary N) is 1. The van der Waals surface area contributed by atoms with Crippen molar-refractivity contribution in [2.24, 2.45) is 0 Å². The van der Waals surface area contributed by atoms with E-state index in [1.807, 2.05) is 69.3 Å². The van der Waals surface area contributed by atoms with Crippen molar-refractivity contribution in [3.8, 4) is 5.75 Å². The first-order valence-electron chi connectivity index (χ1n) is 30.5. The molecule has 0 spiro atoms. The van der Waals surface area contributed by atoms with Crippen LogP contribution in [0.1, 0.15) is 135 Å². The van der Waals surface area contributed by atoms with Crippen LogP contribution < -0.4 is 31.6 Å². The van der Waals surface area contributed by atoms with Crippen molar-refractivity contribution >= 4 is 72.0 Å². The zero-order chi connectivity index (χ0) is 65.2. The van der Waals surface area contributed by atoms with Gasteiger partial charge in [-0.25, -0.2) is 14.8 Å². The van der Waals surface area contributed by atoms with E-state index in [4.69, 9.17) is 10.5 Å². The van der Waals surface area contributed by atoms with Crippen LogP contribution in [-0.2, 0) is 54.6 Å². The molecule has 6 aromatic rings. The van der Waals surface area contributed by atoms with E-state index in [0.717, 1.165) is 58.7 Å². The molecule has 86 heavy (non-hydrogen) atoms. The van der Waals surface area contributed by atoms with Gasteiger partial charge in [-0.05, 0) is 148 Å². The number of nitrogen functional groups attached to an aromatic ring is 1. The number of nitrogens with one attached hydrogen (secondary N) is 3. The van der Waals surface area contributed by atoms with E-state index in [1.165, 1.54) is 18.3 Å². The number of allylic oxidation sites excluding steroid dienone is 7. The summed E-state index contributed by atoms with van der Waals surface area (Å²) < 4.78 is 113. The highest BCUT2D eigenvalue weighted by Crippen LogP contribution is 2.49. The van der Waals surface area contributed by atoms with Gasteiger partial charge >= 0.3 is 5.97 Å². The summed E-state index contributed by atoms with van der Waals surface area (Å²) in [7, 11) is -8.52. The molecule has 2 aromatic heterocycles. The molecule has 20 nitrogen and oxygen atoms in total. The van der Waals surface area contributed by atoms with Crippen LogP contribution in [0.15, 0.2) is 143 Å². The lowest BCUT2D eigenvalue weighted by molar-refractivity contribution is -0.438. The quantitative estimate of drug-likeness (QED) is 0.0168. The smallest absolute Gasteiger partial charge is 0.326 e. The van der Waals surface area contributed by atoms with Gasteiger partial charge in [-0.2, -0.15) is 26.4 Å². The van der Waals surface area contributed by atoms with Gasteiger partial charge in [0.15, 0.2) is 16.9 Å². The minimum atomic E-state index is -4.33. The number of carbonyl (C=O) groups excluding carboxylic acids is 1. The number of rotatable bonds is 24. The number of aromatic amines is 1. The number of carboxylic acid groups (broad SMARTS) is 1. The van der Waals surface area contributed by atoms with Crippen LogP contribution in [0.25, 0.3) is 11.2 Å². The molecule has 0 radical (unpaired) electrons. The summed E-state index contributed by atoms with van der Waals surface area (Å²) >= 11 is 0. The number of carbonyl (C=O) groups is 2.